The molecule has 0 fully saturated rings. The van der Waals surface area contributed by atoms with Crippen LogP contribution in [0.5, 0.6) is 0 Å². The zero-order chi connectivity index (χ0) is 12.3. The molecule has 4 N–H and O–H groups in total. The molecule has 0 aliphatic carbocycles. The SMILES string of the molecule is Cl.NCC[C@H](N)c1cc(Br)cc(C(F)(F)F)c1. The third-order valence-corrected chi connectivity index (χ3v) is 2.61. The van der Waals surface area contributed by atoms with E-state index in [9.17, 15) is 13.2 Å². The Kier molecular flexibility index (Phi) is 6.47. The number of alkyl halides is 3. The van der Waals surface area contributed by atoms with Crippen LogP contribution in [0.4, 0.5) is 13.2 Å². The van der Waals surface area contributed by atoms with Gasteiger partial charge in [-0.15, -0.1) is 12.4 Å². The Morgan fingerprint density at radius 1 is 1.24 bits per heavy atom. The van der Waals surface area contributed by atoms with Crippen molar-refractivity contribution in [3.8, 4) is 0 Å². The Morgan fingerprint density at radius 2 is 1.82 bits per heavy atom. The van der Waals surface area contributed by atoms with E-state index in [1.807, 2.05) is 0 Å². The van der Waals surface area contributed by atoms with E-state index in [-0.39, 0.29) is 12.4 Å². The highest BCUT2D eigenvalue weighted by atomic mass is 79.9. The van der Waals surface area contributed by atoms with Gasteiger partial charge in [0.2, 0.25) is 0 Å². The van der Waals surface area contributed by atoms with Gasteiger partial charge in [0.25, 0.3) is 0 Å². The summed E-state index contributed by atoms with van der Waals surface area (Å²) in [5.41, 5.74) is 10.8. The minimum Gasteiger partial charge on any atom is -0.330 e. The van der Waals surface area contributed by atoms with Crippen molar-refractivity contribution >= 4 is 28.3 Å². The lowest BCUT2D eigenvalue weighted by Crippen LogP contribution is -2.16. The highest BCUT2D eigenvalue weighted by Gasteiger charge is 2.31. The molecule has 2 nitrogen and oxygen atoms in total. The first-order valence-electron chi connectivity index (χ1n) is 4.68. The summed E-state index contributed by atoms with van der Waals surface area (Å²) >= 11 is 3.04. The number of rotatable bonds is 3. The highest BCUT2D eigenvalue weighted by molar-refractivity contribution is 9.10. The lowest BCUT2D eigenvalue weighted by Gasteiger charge is -2.14. The largest absolute Gasteiger partial charge is 0.416 e. The van der Waals surface area contributed by atoms with Crippen LogP contribution in [0, 0.1) is 0 Å². The molecule has 1 aromatic carbocycles. The van der Waals surface area contributed by atoms with E-state index < -0.39 is 17.8 Å². The van der Waals surface area contributed by atoms with Gasteiger partial charge in [0.05, 0.1) is 5.56 Å². The van der Waals surface area contributed by atoms with Crippen molar-refractivity contribution < 1.29 is 13.2 Å². The summed E-state index contributed by atoms with van der Waals surface area (Å²) in [4.78, 5) is 0. The van der Waals surface area contributed by atoms with Crippen LogP contribution < -0.4 is 11.5 Å². The smallest absolute Gasteiger partial charge is 0.330 e. The fourth-order valence-electron chi connectivity index (χ4n) is 1.34. The van der Waals surface area contributed by atoms with Crippen LogP contribution in [0.2, 0.25) is 0 Å². The fourth-order valence-corrected chi connectivity index (χ4v) is 1.85. The number of nitrogens with two attached hydrogens (primary N) is 2. The molecule has 0 aliphatic heterocycles. The number of halogens is 5. The zero-order valence-corrected chi connectivity index (χ0v) is 11.2. The Morgan fingerprint density at radius 3 is 2.29 bits per heavy atom. The lowest BCUT2D eigenvalue weighted by atomic mass is 10.0. The summed E-state index contributed by atoms with van der Waals surface area (Å²) in [7, 11) is 0. The Hall–Kier alpha value is -0.300. The van der Waals surface area contributed by atoms with Gasteiger partial charge in [-0.3, -0.25) is 0 Å². The molecule has 0 heterocycles. The molecule has 17 heavy (non-hydrogen) atoms. The molecule has 0 aromatic heterocycles. The van der Waals surface area contributed by atoms with Crippen molar-refractivity contribution in [2.24, 2.45) is 11.5 Å². The monoisotopic (exact) mass is 332 g/mol. The van der Waals surface area contributed by atoms with Crippen LogP contribution in [0.25, 0.3) is 0 Å². The van der Waals surface area contributed by atoms with E-state index in [1.54, 1.807) is 6.07 Å². The van der Waals surface area contributed by atoms with E-state index >= 15 is 0 Å². The van der Waals surface area contributed by atoms with Gasteiger partial charge in [-0.1, -0.05) is 15.9 Å². The maximum absolute atomic E-state index is 12.5. The van der Waals surface area contributed by atoms with Gasteiger partial charge in [-0.25, -0.2) is 0 Å². The first-order valence-corrected chi connectivity index (χ1v) is 5.47. The van der Waals surface area contributed by atoms with Crippen molar-refractivity contribution in [1.29, 1.82) is 0 Å². The predicted molar refractivity (Wildman–Crippen MR) is 67.0 cm³/mol. The van der Waals surface area contributed by atoms with Gasteiger partial charge in [0.15, 0.2) is 0 Å². The highest BCUT2D eigenvalue weighted by Crippen LogP contribution is 2.33. The minimum absolute atomic E-state index is 0. The number of benzene rings is 1. The molecule has 1 rings (SSSR count). The topological polar surface area (TPSA) is 52.0 Å². The van der Waals surface area contributed by atoms with Gasteiger partial charge in [-0.2, -0.15) is 13.2 Å². The average Bonchev–Trinajstić information content (AvgIpc) is 2.16. The molecule has 7 heteroatoms. The molecule has 0 unspecified atom stereocenters. The second-order valence-electron chi connectivity index (χ2n) is 3.45. The van der Waals surface area contributed by atoms with Gasteiger partial charge < -0.3 is 11.5 Å². The average molecular weight is 334 g/mol. The summed E-state index contributed by atoms with van der Waals surface area (Å²) in [6.07, 6.45) is -3.91. The summed E-state index contributed by atoms with van der Waals surface area (Å²) in [6.45, 7) is 0.342. The second kappa shape index (κ2) is 6.58. The van der Waals surface area contributed by atoms with Crippen LogP contribution >= 0.6 is 28.3 Å². The van der Waals surface area contributed by atoms with Crippen molar-refractivity contribution in [2.45, 2.75) is 18.6 Å². The number of hydrogen-bond acceptors (Lipinski definition) is 2. The van der Waals surface area contributed by atoms with Gasteiger partial charge in [-0.05, 0) is 36.7 Å². The van der Waals surface area contributed by atoms with Crippen molar-refractivity contribution in [3.63, 3.8) is 0 Å². The molecule has 98 valence electrons. The van der Waals surface area contributed by atoms with E-state index in [1.165, 1.54) is 0 Å². The van der Waals surface area contributed by atoms with E-state index in [4.69, 9.17) is 11.5 Å². The molecule has 0 saturated carbocycles. The van der Waals surface area contributed by atoms with Crippen LogP contribution in [-0.4, -0.2) is 6.54 Å². The van der Waals surface area contributed by atoms with Crippen LogP contribution in [-0.2, 0) is 6.18 Å². The minimum atomic E-state index is -4.36. The number of hydrogen-bond donors (Lipinski definition) is 2. The van der Waals surface area contributed by atoms with Crippen molar-refractivity contribution in [1.82, 2.24) is 0 Å². The summed E-state index contributed by atoms with van der Waals surface area (Å²) in [6, 6.07) is 3.20. The van der Waals surface area contributed by atoms with Crippen LogP contribution in [0.15, 0.2) is 22.7 Å². The lowest BCUT2D eigenvalue weighted by molar-refractivity contribution is -0.137. The quantitative estimate of drug-likeness (QED) is 0.892. The molecule has 0 radical (unpaired) electrons. The fraction of sp³-hybridized carbons (Fsp3) is 0.400. The Bertz CT molecular complexity index is 371. The van der Waals surface area contributed by atoms with Crippen molar-refractivity contribution in [2.75, 3.05) is 6.54 Å². The summed E-state index contributed by atoms with van der Waals surface area (Å²) in [5, 5.41) is 0. The molecule has 0 spiro atoms. The van der Waals surface area contributed by atoms with Gasteiger partial charge in [0.1, 0.15) is 0 Å². The molecule has 0 bridgehead atoms. The van der Waals surface area contributed by atoms with Crippen LogP contribution in [0.3, 0.4) is 0 Å². The predicted octanol–water partition coefficient (Wildman–Crippen LogP) is 3.24. The molecule has 0 amide bonds. The molecular formula is C10H13BrClF3N2. The van der Waals surface area contributed by atoms with Gasteiger partial charge >= 0.3 is 6.18 Å². The molecular weight excluding hydrogens is 320 g/mol. The molecule has 1 aromatic rings. The summed E-state index contributed by atoms with van der Waals surface area (Å²) < 4.78 is 37.9. The molecule has 1 atom stereocenters. The van der Waals surface area contributed by atoms with E-state index in [2.05, 4.69) is 15.9 Å². The normalized spacial score (nSPS) is 13.1. The maximum Gasteiger partial charge on any atom is 0.416 e. The third-order valence-electron chi connectivity index (χ3n) is 2.15. The van der Waals surface area contributed by atoms with Crippen molar-refractivity contribution in [3.05, 3.63) is 33.8 Å². The van der Waals surface area contributed by atoms with Gasteiger partial charge in [0, 0.05) is 10.5 Å². The standard InChI is InChI=1S/C10H12BrF3N2.ClH/c11-8-4-6(9(16)1-2-15)3-7(5-8)10(12,13)14;/h3-5,9H,1-2,15-16H2;1H/t9-;/m0./s1. The molecule has 0 saturated heterocycles. The summed E-state index contributed by atoms with van der Waals surface area (Å²) in [5.74, 6) is 0. The maximum atomic E-state index is 12.5. The zero-order valence-electron chi connectivity index (χ0n) is 8.80. The third kappa shape index (κ3) is 4.83. The van der Waals surface area contributed by atoms with E-state index in [0.717, 1.165) is 12.1 Å². The second-order valence-corrected chi connectivity index (χ2v) is 4.37. The Labute approximate surface area is 112 Å². The Balaban J connectivity index is 0.00000256. The first kappa shape index (κ1) is 16.7. The van der Waals surface area contributed by atoms with Crippen LogP contribution in [0.1, 0.15) is 23.6 Å². The van der Waals surface area contributed by atoms with E-state index in [0.29, 0.717) is 23.0 Å². The molecule has 0 aliphatic rings. The first-order chi connectivity index (χ1) is 7.34.